The summed E-state index contributed by atoms with van der Waals surface area (Å²) in [6.07, 6.45) is 4.13. The molecule has 20 heavy (non-hydrogen) atoms. The molecule has 2 aliphatic carbocycles. The molecule has 1 N–H and O–H groups in total. The van der Waals surface area contributed by atoms with Gasteiger partial charge in [-0.25, -0.2) is 4.98 Å². The molecule has 1 aromatic heterocycles. The van der Waals surface area contributed by atoms with Gasteiger partial charge in [0.1, 0.15) is 0 Å². The van der Waals surface area contributed by atoms with Gasteiger partial charge in [-0.1, -0.05) is 39.0 Å². The Hall–Kier alpha value is -0.610. The lowest BCUT2D eigenvalue weighted by Gasteiger charge is -2.31. The van der Waals surface area contributed by atoms with Crippen LogP contribution >= 0.6 is 11.3 Å². The fourth-order valence-corrected chi connectivity index (χ4v) is 4.31. The molecule has 1 atom stereocenters. The van der Waals surface area contributed by atoms with Crippen molar-refractivity contribution in [3.05, 3.63) is 10.6 Å². The third-order valence-electron chi connectivity index (χ3n) is 4.21. The number of aromatic nitrogens is 1. The highest BCUT2D eigenvalue weighted by Crippen LogP contribution is 2.46. The van der Waals surface area contributed by atoms with Crippen molar-refractivity contribution >= 4 is 16.5 Å². The van der Waals surface area contributed by atoms with Gasteiger partial charge in [0.15, 0.2) is 5.13 Å². The predicted octanol–water partition coefficient (Wildman–Crippen LogP) is 3.77. The van der Waals surface area contributed by atoms with Crippen LogP contribution in [0.2, 0.25) is 0 Å². The van der Waals surface area contributed by atoms with Gasteiger partial charge < -0.3 is 10.0 Å². The van der Waals surface area contributed by atoms with Crippen molar-refractivity contribution in [1.29, 1.82) is 0 Å². The molecular formula is C16H26N2OS. The zero-order chi connectivity index (χ0) is 14.5. The molecule has 2 aliphatic rings. The topological polar surface area (TPSA) is 36.4 Å². The summed E-state index contributed by atoms with van der Waals surface area (Å²) in [6, 6.07) is 0.690. The largest absolute Gasteiger partial charge is 0.387 e. The average Bonchev–Trinajstić information content (AvgIpc) is 3.05. The minimum absolute atomic E-state index is 0.167. The van der Waals surface area contributed by atoms with Crippen molar-refractivity contribution in [2.75, 3.05) is 11.4 Å². The molecule has 0 amide bonds. The number of aliphatic hydroxyl groups is 1. The first kappa shape index (κ1) is 14.3. The first-order chi connectivity index (χ1) is 9.35. The zero-order valence-electron chi connectivity index (χ0n) is 13.0. The number of hydrogen-bond acceptors (Lipinski definition) is 4. The maximum absolute atomic E-state index is 10.4. The zero-order valence-corrected chi connectivity index (χ0v) is 13.8. The first-order valence-electron chi connectivity index (χ1n) is 7.80. The Labute approximate surface area is 126 Å². The fraction of sp³-hybridized carbons (Fsp3) is 0.812. The minimum Gasteiger partial charge on any atom is -0.387 e. The van der Waals surface area contributed by atoms with Crippen LogP contribution in [-0.4, -0.2) is 22.7 Å². The van der Waals surface area contributed by atoms with Gasteiger partial charge in [0.05, 0.1) is 16.7 Å². The Morgan fingerprint density at radius 2 is 2.10 bits per heavy atom. The molecule has 1 saturated carbocycles. The Morgan fingerprint density at radius 3 is 2.70 bits per heavy atom. The van der Waals surface area contributed by atoms with Crippen LogP contribution in [0.15, 0.2) is 0 Å². The lowest BCUT2D eigenvalue weighted by molar-refractivity contribution is 0.102. The van der Waals surface area contributed by atoms with E-state index in [4.69, 9.17) is 4.98 Å². The molecule has 3 rings (SSSR count). The Kier molecular flexibility index (Phi) is 3.57. The summed E-state index contributed by atoms with van der Waals surface area (Å²) in [5.41, 5.74) is 1.31. The molecule has 0 aliphatic heterocycles. The van der Waals surface area contributed by atoms with Crippen LogP contribution in [0.5, 0.6) is 0 Å². The van der Waals surface area contributed by atoms with E-state index >= 15 is 0 Å². The Morgan fingerprint density at radius 1 is 1.40 bits per heavy atom. The molecule has 1 heterocycles. The van der Waals surface area contributed by atoms with E-state index in [0.717, 1.165) is 35.1 Å². The van der Waals surface area contributed by atoms with Crippen LogP contribution in [0.3, 0.4) is 0 Å². The Bertz CT molecular complexity index is 491. The van der Waals surface area contributed by atoms with Crippen LogP contribution < -0.4 is 4.90 Å². The summed E-state index contributed by atoms with van der Waals surface area (Å²) in [4.78, 5) is 8.49. The van der Waals surface area contributed by atoms with Crippen LogP contribution in [-0.2, 0) is 6.42 Å². The predicted molar refractivity (Wildman–Crippen MR) is 84.4 cm³/mol. The summed E-state index contributed by atoms with van der Waals surface area (Å²) in [5, 5.41) is 11.5. The molecule has 0 aromatic carbocycles. The van der Waals surface area contributed by atoms with Gasteiger partial charge >= 0.3 is 0 Å². The van der Waals surface area contributed by atoms with Crippen LogP contribution in [0, 0.1) is 11.3 Å². The van der Waals surface area contributed by atoms with Crippen LogP contribution in [0.4, 0.5) is 5.13 Å². The molecule has 1 aromatic rings. The quantitative estimate of drug-likeness (QED) is 0.918. The highest BCUT2D eigenvalue weighted by Gasteiger charge is 2.37. The number of fused-ring (bicyclic) bond motifs is 1. The van der Waals surface area contributed by atoms with Gasteiger partial charge in [-0.3, -0.25) is 0 Å². The number of anilines is 1. The number of hydrogen-bond donors (Lipinski definition) is 1. The van der Waals surface area contributed by atoms with Crippen LogP contribution in [0.25, 0.3) is 0 Å². The molecule has 0 bridgehead atoms. The van der Waals surface area contributed by atoms with E-state index in [9.17, 15) is 5.11 Å². The van der Waals surface area contributed by atoms with E-state index in [1.165, 1.54) is 12.8 Å². The number of aliphatic hydroxyl groups excluding tert-OH is 1. The van der Waals surface area contributed by atoms with Gasteiger partial charge in [0.2, 0.25) is 0 Å². The maximum atomic E-state index is 10.4. The van der Waals surface area contributed by atoms with Crippen molar-refractivity contribution in [1.82, 2.24) is 4.98 Å². The summed E-state index contributed by atoms with van der Waals surface area (Å²) in [7, 11) is 0. The monoisotopic (exact) mass is 294 g/mol. The Balaban J connectivity index is 1.88. The molecule has 3 nitrogen and oxygen atoms in total. The SMILES string of the molecule is CC(C)CN(c1nc2c(s1)C(O)CC(C)(C)C2)C1CC1. The van der Waals surface area contributed by atoms with Crippen LogP contribution in [0.1, 0.15) is 63.6 Å². The van der Waals surface area contributed by atoms with E-state index in [-0.39, 0.29) is 11.5 Å². The van der Waals surface area contributed by atoms with E-state index in [2.05, 4.69) is 32.6 Å². The molecule has 0 saturated heterocycles. The molecule has 4 heteroatoms. The summed E-state index contributed by atoms with van der Waals surface area (Å²) < 4.78 is 0. The molecule has 0 radical (unpaired) electrons. The average molecular weight is 294 g/mol. The van der Waals surface area contributed by atoms with Gasteiger partial charge in [0, 0.05) is 12.6 Å². The summed E-state index contributed by atoms with van der Waals surface area (Å²) in [6.45, 7) is 10.1. The van der Waals surface area contributed by atoms with Crippen molar-refractivity contribution in [3.63, 3.8) is 0 Å². The second-order valence-corrected chi connectivity index (χ2v) is 8.65. The van der Waals surface area contributed by atoms with E-state index in [0.29, 0.717) is 12.0 Å². The molecule has 112 valence electrons. The van der Waals surface area contributed by atoms with E-state index in [1.807, 2.05) is 0 Å². The fourth-order valence-electron chi connectivity index (χ4n) is 3.16. The van der Waals surface area contributed by atoms with Gasteiger partial charge in [-0.15, -0.1) is 0 Å². The third-order valence-corrected chi connectivity index (χ3v) is 5.44. The van der Waals surface area contributed by atoms with Crippen molar-refractivity contribution < 1.29 is 5.11 Å². The normalized spacial score (nSPS) is 24.8. The second kappa shape index (κ2) is 4.99. The van der Waals surface area contributed by atoms with Gasteiger partial charge in [-0.05, 0) is 37.0 Å². The van der Waals surface area contributed by atoms with E-state index < -0.39 is 0 Å². The maximum Gasteiger partial charge on any atom is 0.186 e. The molecular weight excluding hydrogens is 268 g/mol. The lowest BCUT2D eigenvalue weighted by atomic mass is 9.77. The van der Waals surface area contributed by atoms with Crippen molar-refractivity contribution in [2.45, 2.75) is 65.5 Å². The highest BCUT2D eigenvalue weighted by molar-refractivity contribution is 7.15. The minimum atomic E-state index is -0.319. The smallest absolute Gasteiger partial charge is 0.186 e. The standard InChI is InChI=1S/C16H26N2OS/c1-10(2)9-18(11-5-6-11)15-17-12-7-16(3,4)8-13(19)14(12)20-15/h10-11,13,19H,5-9H2,1-4H3. The van der Waals surface area contributed by atoms with Crippen molar-refractivity contribution in [3.8, 4) is 0 Å². The first-order valence-corrected chi connectivity index (χ1v) is 8.62. The molecule has 1 unspecified atom stereocenters. The van der Waals surface area contributed by atoms with Gasteiger partial charge in [-0.2, -0.15) is 0 Å². The van der Waals surface area contributed by atoms with Gasteiger partial charge in [0.25, 0.3) is 0 Å². The number of thiazole rings is 1. The lowest BCUT2D eigenvalue weighted by Crippen LogP contribution is -2.29. The molecule has 0 spiro atoms. The highest BCUT2D eigenvalue weighted by atomic mass is 32.1. The second-order valence-electron chi connectivity index (χ2n) is 7.65. The summed E-state index contributed by atoms with van der Waals surface area (Å²) in [5.74, 6) is 0.651. The summed E-state index contributed by atoms with van der Waals surface area (Å²) >= 11 is 1.73. The number of nitrogens with zero attached hydrogens (tertiary/aromatic N) is 2. The third kappa shape index (κ3) is 2.86. The number of rotatable bonds is 4. The van der Waals surface area contributed by atoms with Crippen molar-refractivity contribution in [2.24, 2.45) is 11.3 Å². The molecule has 1 fully saturated rings. The van der Waals surface area contributed by atoms with E-state index in [1.54, 1.807) is 11.3 Å².